The molecule has 0 saturated heterocycles. The molecule has 12 aromatic rings. The molecule has 0 atom stereocenters. The lowest BCUT2D eigenvalue weighted by Gasteiger charge is -2.27. The number of anilines is 6. The van der Waals surface area contributed by atoms with E-state index in [9.17, 15) is 0 Å². The first kappa shape index (κ1) is 40.7. The van der Waals surface area contributed by atoms with Gasteiger partial charge in [0.25, 0.3) is 0 Å². The van der Waals surface area contributed by atoms with Crippen LogP contribution in [0.4, 0.5) is 34.1 Å². The standard InChI is InChI=1S/C62H42N4OS/c1-3-12-43(13-4-1)44-22-24-47(25-23-44)50-14-11-17-56(42-50)66(55-40-32-49(33-41-55)62-64-58-19-8-10-21-60(58)68-62)54-36-28-46(29-37-54)45-26-34-52(35-27-45)65(51-15-5-2-6-16-51)53-38-30-48(31-39-53)61-63-57-18-7-9-20-59(57)67-61/h1-42H. The van der Waals surface area contributed by atoms with Crippen molar-refractivity contribution in [3.05, 3.63) is 255 Å². The Hall–Kier alpha value is -8.84. The van der Waals surface area contributed by atoms with Crippen LogP contribution in [0.5, 0.6) is 0 Å². The van der Waals surface area contributed by atoms with Gasteiger partial charge in [0.2, 0.25) is 5.89 Å². The summed E-state index contributed by atoms with van der Waals surface area (Å²) in [5.41, 5.74) is 18.0. The molecule has 0 N–H and O–H groups in total. The van der Waals surface area contributed by atoms with Gasteiger partial charge in [-0.1, -0.05) is 133 Å². The Morgan fingerprint density at radius 1 is 0.294 bits per heavy atom. The van der Waals surface area contributed by atoms with E-state index in [1.165, 1.54) is 21.4 Å². The van der Waals surface area contributed by atoms with Crippen LogP contribution in [0, 0.1) is 0 Å². The summed E-state index contributed by atoms with van der Waals surface area (Å²) in [5.74, 6) is 0.611. The zero-order chi connectivity index (χ0) is 45.2. The number of benzene rings is 10. The number of hydrogen-bond donors (Lipinski definition) is 0. The summed E-state index contributed by atoms with van der Waals surface area (Å²) >= 11 is 1.72. The van der Waals surface area contributed by atoms with Gasteiger partial charge in [-0.2, -0.15) is 0 Å². The van der Waals surface area contributed by atoms with Gasteiger partial charge in [-0.05, 0) is 155 Å². The second-order valence-electron chi connectivity index (χ2n) is 16.7. The predicted octanol–water partition coefficient (Wildman–Crippen LogP) is 17.7. The van der Waals surface area contributed by atoms with Crippen LogP contribution in [0.3, 0.4) is 0 Å². The van der Waals surface area contributed by atoms with Crippen molar-refractivity contribution in [3.8, 4) is 55.4 Å². The zero-order valence-corrected chi connectivity index (χ0v) is 37.7. The lowest BCUT2D eigenvalue weighted by Crippen LogP contribution is -2.10. The maximum absolute atomic E-state index is 6.08. The van der Waals surface area contributed by atoms with Crippen molar-refractivity contribution in [1.29, 1.82) is 0 Å². The van der Waals surface area contributed by atoms with E-state index in [0.717, 1.165) is 83.6 Å². The van der Waals surface area contributed by atoms with Crippen LogP contribution >= 0.6 is 11.3 Å². The minimum Gasteiger partial charge on any atom is -0.436 e. The van der Waals surface area contributed by atoms with E-state index < -0.39 is 0 Å². The summed E-state index contributed by atoms with van der Waals surface area (Å²) in [6.07, 6.45) is 0. The second kappa shape index (κ2) is 17.9. The molecule has 0 unspecified atom stereocenters. The molecule has 0 saturated carbocycles. The van der Waals surface area contributed by atoms with E-state index in [0.29, 0.717) is 5.89 Å². The maximum Gasteiger partial charge on any atom is 0.227 e. The van der Waals surface area contributed by atoms with Crippen LogP contribution < -0.4 is 9.80 Å². The molecule has 5 nitrogen and oxygen atoms in total. The Morgan fingerprint density at radius 2 is 0.706 bits per heavy atom. The van der Waals surface area contributed by atoms with Crippen LogP contribution in [-0.2, 0) is 0 Å². The van der Waals surface area contributed by atoms with Gasteiger partial charge in [-0.3, -0.25) is 0 Å². The van der Waals surface area contributed by atoms with E-state index in [2.05, 4.69) is 228 Å². The van der Waals surface area contributed by atoms with Gasteiger partial charge in [0.1, 0.15) is 10.5 Å². The smallest absolute Gasteiger partial charge is 0.227 e. The highest BCUT2D eigenvalue weighted by Gasteiger charge is 2.18. The molecule has 0 fully saturated rings. The molecular formula is C62H42N4OS. The van der Waals surface area contributed by atoms with Crippen LogP contribution in [-0.4, -0.2) is 9.97 Å². The first-order valence-electron chi connectivity index (χ1n) is 22.7. The number of fused-ring (bicyclic) bond motifs is 2. The quantitative estimate of drug-likeness (QED) is 0.129. The summed E-state index contributed by atoms with van der Waals surface area (Å²) in [4.78, 5) is 14.3. The topological polar surface area (TPSA) is 45.4 Å². The molecule has 10 aromatic carbocycles. The molecule has 2 heterocycles. The highest BCUT2D eigenvalue weighted by molar-refractivity contribution is 7.21. The average Bonchev–Trinajstić information content (AvgIpc) is 4.06. The fourth-order valence-corrected chi connectivity index (χ4v) is 9.86. The van der Waals surface area contributed by atoms with Crippen LogP contribution in [0.15, 0.2) is 259 Å². The normalized spacial score (nSPS) is 11.2. The summed E-state index contributed by atoms with van der Waals surface area (Å²) < 4.78 is 7.27. The van der Waals surface area contributed by atoms with E-state index in [1.54, 1.807) is 11.3 Å². The third-order valence-corrected chi connectivity index (χ3v) is 13.4. The molecule has 0 aliphatic carbocycles. The molecule has 0 spiro atoms. The number of nitrogens with zero attached hydrogens (tertiary/aromatic N) is 4. The van der Waals surface area contributed by atoms with E-state index >= 15 is 0 Å². The van der Waals surface area contributed by atoms with Crippen molar-refractivity contribution in [2.45, 2.75) is 0 Å². The molecule has 68 heavy (non-hydrogen) atoms. The van der Waals surface area contributed by atoms with Crippen LogP contribution in [0.1, 0.15) is 0 Å². The summed E-state index contributed by atoms with van der Waals surface area (Å²) in [5, 5.41) is 1.02. The first-order valence-corrected chi connectivity index (χ1v) is 23.5. The first-order chi connectivity index (χ1) is 33.7. The summed E-state index contributed by atoms with van der Waals surface area (Å²) in [6.45, 7) is 0. The fourth-order valence-electron chi connectivity index (χ4n) is 8.89. The van der Waals surface area contributed by atoms with Crippen molar-refractivity contribution in [2.75, 3.05) is 9.80 Å². The lowest BCUT2D eigenvalue weighted by atomic mass is 9.99. The molecule has 0 aliphatic rings. The molecular weight excluding hydrogens is 849 g/mol. The molecule has 0 amide bonds. The predicted molar refractivity (Wildman–Crippen MR) is 284 cm³/mol. The van der Waals surface area contributed by atoms with Gasteiger partial charge in [0.05, 0.1) is 10.2 Å². The molecule has 0 radical (unpaired) electrons. The second-order valence-corrected chi connectivity index (χ2v) is 17.7. The molecule has 322 valence electrons. The number of hydrogen-bond acceptors (Lipinski definition) is 6. The lowest BCUT2D eigenvalue weighted by molar-refractivity contribution is 0.620. The Bertz CT molecular complexity index is 3580. The third-order valence-electron chi connectivity index (χ3n) is 12.4. The Morgan fingerprint density at radius 3 is 1.29 bits per heavy atom. The molecule has 2 aromatic heterocycles. The number of rotatable bonds is 11. The highest BCUT2D eigenvalue weighted by atomic mass is 32.1. The van der Waals surface area contributed by atoms with Gasteiger partial charge < -0.3 is 14.2 Å². The fraction of sp³-hybridized carbons (Fsp3) is 0. The number of oxazole rings is 1. The number of para-hydroxylation sites is 4. The van der Waals surface area contributed by atoms with Crippen molar-refractivity contribution in [3.63, 3.8) is 0 Å². The van der Waals surface area contributed by atoms with Gasteiger partial charge in [0, 0.05) is 45.3 Å². The van der Waals surface area contributed by atoms with Gasteiger partial charge in [-0.15, -0.1) is 11.3 Å². The van der Waals surface area contributed by atoms with Crippen molar-refractivity contribution >= 4 is 66.8 Å². The Balaban J connectivity index is 0.854. The largest absolute Gasteiger partial charge is 0.436 e. The number of thiazole rings is 1. The highest BCUT2D eigenvalue weighted by Crippen LogP contribution is 2.41. The molecule has 0 aliphatic heterocycles. The minimum absolute atomic E-state index is 0.611. The van der Waals surface area contributed by atoms with Gasteiger partial charge in [0.15, 0.2) is 5.58 Å². The molecule has 6 heteroatoms. The van der Waals surface area contributed by atoms with Crippen molar-refractivity contribution in [2.24, 2.45) is 0 Å². The summed E-state index contributed by atoms with van der Waals surface area (Å²) in [6, 6.07) is 89.7. The Labute approximate surface area is 399 Å². The zero-order valence-electron chi connectivity index (χ0n) is 36.9. The Kier molecular flexibility index (Phi) is 10.7. The molecule has 0 bridgehead atoms. The average molecular weight is 891 g/mol. The van der Waals surface area contributed by atoms with E-state index in [1.807, 2.05) is 36.4 Å². The minimum atomic E-state index is 0.611. The molecule has 12 rings (SSSR count). The van der Waals surface area contributed by atoms with E-state index in [4.69, 9.17) is 14.4 Å². The number of aromatic nitrogens is 2. The maximum atomic E-state index is 6.08. The van der Waals surface area contributed by atoms with E-state index in [-0.39, 0.29) is 0 Å². The van der Waals surface area contributed by atoms with Crippen LogP contribution in [0.25, 0.3) is 76.7 Å². The summed E-state index contributed by atoms with van der Waals surface area (Å²) in [7, 11) is 0. The third kappa shape index (κ3) is 8.10. The van der Waals surface area contributed by atoms with Gasteiger partial charge in [-0.25, -0.2) is 9.97 Å². The van der Waals surface area contributed by atoms with Gasteiger partial charge >= 0.3 is 0 Å². The SMILES string of the molecule is c1ccc(-c2ccc(-c3cccc(N(c4ccc(-c5ccc(N(c6ccccc6)c6ccc(-c7nc8ccccc8o7)cc6)cc5)cc4)c4ccc(-c5nc6ccccc6s5)cc4)c3)cc2)cc1. The monoisotopic (exact) mass is 890 g/mol. The van der Waals surface area contributed by atoms with Crippen molar-refractivity contribution in [1.82, 2.24) is 9.97 Å². The van der Waals surface area contributed by atoms with Crippen molar-refractivity contribution < 1.29 is 4.42 Å². The van der Waals surface area contributed by atoms with Crippen LogP contribution in [0.2, 0.25) is 0 Å².